The fraction of sp³-hybridized carbons (Fsp3) is 0.111. The molecule has 5 heteroatoms. The fourth-order valence-corrected chi connectivity index (χ4v) is 1.30. The highest BCUT2D eigenvalue weighted by atomic mass is 35.5. The van der Waals surface area contributed by atoms with Crippen molar-refractivity contribution in [1.82, 2.24) is 4.98 Å². The third-order valence-corrected chi connectivity index (χ3v) is 1.99. The Balaban J connectivity index is 0.000000980. The SMILES string of the molecule is Nc1c[nH]c2ccc(C(F)F)cc12.[Cl-].[H+]. The van der Waals surface area contributed by atoms with Crippen LogP contribution in [0.4, 0.5) is 14.5 Å². The van der Waals surface area contributed by atoms with Gasteiger partial charge in [0.2, 0.25) is 0 Å². The van der Waals surface area contributed by atoms with Crippen LogP contribution in [0.2, 0.25) is 0 Å². The van der Waals surface area contributed by atoms with Crippen molar-refractivity contribution in [2.45, 2.75) is 6.43 Å². The van der Waals surface area contributed by atoms with Crippen LogP contribution in [0, 0.1) is 0 Å². The Morgan fingerprint density at radius 1 is 1.36 bits per heavy atom. The van der Waals surface area contributed by atoms with E-state index in [9.17, 15) is 8.78 Å². The zero-order valence-corrected chi connectivity index (χ0v) is 7.85. The Hall–Kier alpha value is -1.29. The number of hydrogen-bond donors (Lipinski definition) is 2. The summed E-state index contributed by atoms with van der Waals surface area (Å²) in [5, 5.41) is 0.651. The van der Waals surface area contributed by atoms with E-state index in [2.05, 4.69) is 4.98 Å². The standard InChI is InChI=1S/C9H8F2N2.ClH/c10-9(11)5-1-2-8-6(3-5)7(12)4-13-8;/h1-4,9,13H,12H2;1H. The van der Waals surface area contributed by atoms with E-state index in [1.807, 2.05) is 0 Å². The highest BCUT2D eigenvalue weighted by Gasteiger charge is 2.08. The molecule has 3 N–H and O–H groups in total. The van der Waals surface area contributed by atoms with Crippen LogP contribution in [0.3, 0.4) is 0 Å². The molecule has 0 bridgehead atoms. The van der Waals surface area contributed by atoms with Gasteiger partial charge in [0.1, 0.15) is 0 Å². The van der Waals surface area contributed by atoms with Crippen LogP contribution in [0.5, 0.6) is 0 Å². The van der Waals surface area contributed by atoms with Gasteiger partial charge in [0.15, 0.2) is 0 Å². The number of aromatic amines is 1. The molecule has 1 heterocycles. The summed E-state index contributed by atoms with van der Waals surface area (Å²) in [5.74, 6) is 0. The first kappa shape index (κ1) is 10.8. The quantitative estimate of drug-likeness (QED) is 0.684. The third-order valence-electron chi connectivity index (χ3n) is 1.99. The summed E-state index contributed by atoms with van der Waals surface area (Å²) in [7, 11) is 0. The van der Waals surface area contributed by atoms with Crippen molar-refractivity contribution in [1.29, 1.82) is 0 Å². The van der Waals surface area contributed by atoms with E-state index < -0.39 is 6.43 Å². The average Bonchev–Trinajstić information content (AvgIpc) is 2.47. The Morgan fingerprint density at radius 2 is 2.07 bits per heavy atom. The van der Waals surface area contributed by atoms with Gasteiger partial charge in [0, 0.05) is 22.7 Å². The number of anilines is 1. The number of H-pyrrole nitrogens is 1. The molecular formula is C9H9ClF2N2. The van der Waals surface area contributed by atoms with Gasteiger partial charge in [0.05, 0.1) is 5.69 Å². The second-order valence-corrected chi connectivity index (χ2v) is 2.85. The summed E-state index contributed by atoms with van der Waals surface area (Å²) >= 11 is 0. The number of nitrogen functional groups attached to an aromatic ring is 1. The highest BCUT2D eigenvalue weighted by Crippen LogP contribution is 2.26. The van der Waals surface area contributed by atoms with Crippen molar-refractivity contribution in [2.75, 3.05) is 5.73 Å². The molecule has 0 aliphatic rings. The molecule has 0 radical (unpaired) electrons. The minimum Gasteiger partial charge on any atom is -1.00 e. The van der Waals surface area contributed by atoms with Crippen molar-refractivity contribution in [3.05, 3.63) is 30.0 Å². The number of hydrogen-bond acceptors (Lipinski definition) is 1. The second-order valence-electron chi connectivity index (χ2n) is 2.85. The van der Waals surface area contributed by atoms with Crippen molar-refractivity contribution in [3.8, 4) is 0 Å². The minimum absolute atomic E-state index is 0. The number of nitrogens with one attached hydrogen (secondary N) is 1. The molecule has 1 aromatic carbocycles. The van der Waals surface area contributed by atoms with Crippen LogP contribution >= 0.6 is 0 Å². The largest absolute Gasteiger partial charge is 1.00 e. The molecule has 2 nitrogen and oxygen atoms in total. The van der Waals surface area contributed by atoms with Crippen LogP contribution in [-0.4, -0.2) is 4.98 Å². The summed E-state index contributed by atoms with van der Waals surface area (Å²) < 4.78 is 24.6. The summed E-state index contributed by atoms with van der Waals surface area (Å²) in [6.45, 7) is 0. The van der Waals surface area contributed by atoms with Crippen molar-refractivity contribution < 1.29 is 22.6 Å². The van der Waals surface area contributed by atoms with Gasteiger partial charge in [-0.3, -0.25) is 0 Å². The monoisotopic (exact) mass is 218 g/mol. The maximum absolute atomic E-state index is 12.3. The molecular weight excluding hydrogens is 210 g/mol. The van der Waals surface area contributed by atoms with Gasteiger partial charge >= 0.3 is 1.43 Å². The van der Waals surface area contributed by atoms with E-state index in [4.69, 9.17) is 5.73 Å². The van der Waals surface area contributed by atoms with Gasteiger partial charge in [0.25, 0.3) is 6.43 Å². The van der Waals surface area contributed by atoms with E-state index in [1.165, 1.54) is 12.1 Å². The second kappa shape index (κ2) is 3.84. The number of fused-ring (bicyclic) bond motifs is 1. The number of alkyl halides is 2. The van der Waals surface area contributed by atoms with Gasteiger partial charge < -0.3 is 23.1 Å². The molecule has 0 saturated heterocycles. The maximum atomic E-state index is 12.3. The predicted octanol–water partition coefficient (Wildman–Crippen LogP) is -0.196. The van der Waals surface area contributed by atoms with Crippen LogP contribution in [0.1, 0.15) is 13.4 Å². The average molecular weight is 219 g/mol. The maximum Gasteiger partial charge on any atom is 1.00 e. The molecule has 0 fully saturated rings. The smallest absolute Gasteiger partial charge is 1.00 e. The first-order chi connectivity index (χ1) is 6.18. The lowest BCUT2D eigenvalue weighted by Gasteiger charge is -1.99. The first-order valence-electron chi connectivity index (χ1n) is 3.83. The number of aromatic nitrogens is 1. The molecule has 76 valence electrons. The number of rotatable bonds is 1. The molecule has 1 aromatic heterocycles. The molecule has 0 aliphatic carbocycles. The molecule has 2 rings (SSSR count). The summed E-state index contributed by atoms with van der Waals surface area (Å²) in [6, 6.07) is 4.40. The van der Waals surface area contributed by atoms with E-state index >= 15 is 0 Å². The zero-order valence-electron chi connectivity index (χ0n) is 8.10. The van der Waals surface area contributed by atoms with Crippen LogP contribution in [0.25, 0.3) is 10.9 Å². The molecule has 0 amide bonds. The number of nitrogens with two attached hydrogens (primary N) is 1. The number of benzene rings is 1. The van der Waals surface area contributed by atoms with Crippen LogP contribution in [-0.2, 0) is 0 Å². The van der Waals surface area contributed by atoms with E-state index in [0.717, 1.165) is 5.52 Å². The predicted molar refractivity (Wildman–Crippen MR) is 48.8 cm³/mol. The van der Waals surface area contributed by atoms with Crippen molar-refractivity contribution >= 4 is 16.6 Å². The van der Waals surface area contributed by atoms with E-state index in [0.29, 0.717) is 11.1 Å². The Labute approximate surface area is 87.0 Å². The zero-order chi connectivity index (χ0) is 9.42. The third kappa shape index (κ3) is 1.65. The molecule has 0 aliphatic heterocycles. The summed E-state index contributed by atoms with van der Waals surface area (Å²) in [4.78, 5) is 2.88. The molecule has 0 atom stereocenters. The van der Waals surface area contributed by atoms with Crippen molar-refractivity contribution in [3.63, 3.8) is 0 Å². The fourth-order valence-electron chi connectivity index (χ4n) is 1.30. The van der Waals surface area contributed by atoms with Gasteiger partial charge in [-0.25, -0.2) is 8.78 Å². The molecule has 0 spiro atoms. The van der Waals surface area contributed by atoms with Gasteiger partial charge in [-0.1, -0.05) is 6.07 Å². The Kier molecular flexibility index (Phi) is 2.96. The van der Waals surface area contributed by atoms with Crippen molar-refractivity contribution in [2.24, 2.45) is 0 Å². The number of halogens is 3. The molecule has 2 aromatic rings. The Morgan fingerprint density at radius 3 is 2.71 bits per heavy atom. The molecule has 0 saturated carbocycles. The lowest BCUT2D eigenvalue weighted by molar-refractivity contribution is -0.00000598. The normalized spacial score (nSPS) is 10.5. The van der Waals surface area contributed by atoms with Crippen LogP contribution < -0.4 is 18.1 Å². The molecule has 14 heavy (non-hydrogen) atoms. The van der Waals surface area contributed by atoms with E-state index in [-0.39, 0.29) is 19.4 Å². The van der Waals surface area contributed by atoms with Crippen LogP contribution in [0.15, 0.2) is 24.4 Å². The van der Waals surface area contributed by atoms with Gasteiger partial charge in [-0.2, -0.15) is 0 Å². The lowest BCUT2D eigenvalue weighted by atomic mass is 10.1. The Bertz CT molecular complexity index is 445. The van der Waals surface area contributed by atoms with E-state index in [1.54, 1.807) is 12.3 Å². The van der Waals surface area contributed by atoms with Gasteiger partial charge in [-0.05, 0) is 12.1 Å². The topological polar surface area (TPSA) is 41.8 Å². The minimum atomic E-state index is -2.45. The first-order valence-corrected chi connectivity index (χ1v) is 3.83. The van der Waals surface area contributed by atoms with Gasteiger partial charge in [-0.15, -0.1) is 0 Å². The highest BCUT2D eigenvalue weighted by molar-refractivity contribution is 5.91. The summed E-state index contributed by atoms with van der Waals surface area (Å²) in [5.41, 5.74) is 6.85. The lowest BCUT2D eigenvalue weighted by Crippen LogP contribution is -3.00. The summed E-state index contributed by atoms with van der Waals surface area (Å²) in [6.07, 6.45) is -0.849. The molecule has 0 unspecified atom stereocenters.